The van der Waals surface area contributed by atoms with Gasteiger partial charge in [-0.3, -0.25) is 0 Å². The van der Waals surface area contributed by atoms with E-state index in [1.165, 1.54) is 0 Å². The van der Waals surface area contributed by atoms with E-state index < -0.39 is 0 Å². The summed E-state index contributed by atoms with van der Waals surface area (Å²) in [4.78, 5) is 10.9. The first-order chi connectivity index (χ1) is 11.0. The number of fused-ring (bicyclic) bond motifs is 1. The van der Waals surface area contributed by atoms with Crippen molar-refractivity contribution in [2.75, 3.05) is 18.1 Å². The van der Waals surface area contributed by atoms with Crippen molar-refractivity contribution in [3.05, 3.63) is 45.9 Å². The van der Waals surface area contributed by atoms with E-state index in [-0.39, 0.29) is 12.5 Å². The zero-order valence-corrected chi connectivity index (χ0v) is 13.8. The van der Waals surface area contributed by atoms with E-state index in [1.807, 2.05) is 19.1 Å². The minimum Gasteiger partial charge on any atom is -0.396 e. The molecule has 2 aromatic rings. The van der Waals surface area contributed by atoms with E-state index in [0.29, 0.717) is 16.5 Å². The van der Waals surface area contributed by atoms with Gasteiger partial charge in [-0.15, -0.1) is 0 Å². The highest BCUT2D eigenvalue weighted by molar-refractivity contribution is 6.30. The largest absolute Gasteiger partial charge is 0.396 e. The Balaban J connectivity index is 2.15. The van der Waals surface area contributed by atoms with Crippen LogP contribution in [0.15, 0.2) is 18.2 Å². The minimum absolute atomic E-state index is 0.0271. The summed E-state index contributed by atoms with van der Waals surface area (Å²) in [5.74, 6) is 1.30. The molecule has 1 aliphatic heterocycles. The summed E-state index contributed by atoms with van der Waals surface area (Å²) in [5.41, 5.74) is 3.43. The van der Waals surface area contributed by atoms with Crippen LogP contribution in [-0.2, 0) is 0 Å². The second-order valence-electron chi connectivity index (χ2n) is 5.73. The van der Waals surface area contributed by atoms with Crippen LogP contribution >= 0.6 is 11.6 Å². The summed E-state index contributed by atoms with van der Waals surface area (Å²) in [5, 5.41) is 19.1. The van der Waals surface area contributed by atoms with Crippen LogP contribution < -0.4 is 4.90 Å². The molecule has 5 nitrogen and oxygen atoms in total. The van der Waals surface area contributed by atoms with Gasteiger partial charge >= 0.3 is 0 Å². The first-order valence-corrected chi connectivity index (χ1v) is 7.86. The Hall–Kier alpha value is -2.16. The van der Waals surface area contributed by atoms with Crippen LogP contribution in [0.3, 0.4) is 0 Å². The lowest BCUT2D eigenvalue weighted by molar-refractivity contribution is 0.257. The summed E-state index contributed by atoms with van der Waals surface area (Å²) in [6.07, 6.45) is 0.773. The third-order valence-corrected chi connectivity index (χ3v) is 4.48. The molecule has 118 valence electrons. The Kier molecular flexibility index (Phi) is 4.20. The highest BCUT2D eigenvalue weighted by atomic mass is 35.5. The molecule has 1 aromatic heterocycles. The molecule has 0 amide bonds. The fourth-order valence-electron chi connectivity index (χ4n) is 3.07. The van der Waals surface area contributed by atoms with Crippen molar-refractivity contribution in [1.82, 2.24) is 9.97 Å². The smallest absolute Gasteiger partial charge is 0.141 e. The van der Waals surface area contributed by atoms with Crippen molar-refractivity contribution < 1.29 is 5.11 Å². The zero-order valence-electron chi connectivity index (χ0n) is 13.0. The molecule has 0 radical (unpaired) electrons. The van der Waals surface area contributed by atoms with Gasteiger partial charge in [-0.25, -0.2) is 9.97 Å². The maximum absolute atomic E-state index is 9.64. The average molecular weight is 329 g/mol. The molecule has 1 aromatic carbocycles. The molecule has 1 unspecified atom stereocenters. The van der Waals surface area contributed by atoms with Crippen LogP contribution in [0.5, 0.6) is 0 Å². The summed E-state index contributed by atoms with van der Waals surface area (Å²) < 4.78 is 0. The molecule has 3 rings (SSSR count). The molecule has 0 saturated carbocycles. The van der Waals surface area contributed by atoms with Gasteiger partial charge in [0.05, 0.1) is 18.2 Å². The fourth-order valence-corrected chi connectivity index (χ4v) is 3.43. The third-order valence-electron chi connectivity index (χ3n) is 4.19. The summed E-state index contributed by atoms with van der Waals surface area (Å²) in [6.45, 7) is 4.54. The molecule has 1 N–H and O–H groups in total. The first kappa shape index (κ1) is 15.7. The van der Waals surface area contributed by atoms with Crippen LogP contribution in [0.1, 0.15) is 34.9 Å². The lowest BCUT2D eigenvalue weighted by Crippen LogP contribution is -2.30. The number of hydrogen-bond acceptors (Lipinski definition) is 5. The van der Waals surface area contributed by atoms with Crippen molar-refractivity contribution in [3.63, 3.8) is 0 Å². The van der Waals surface area contributed by atoms with E-state index in [9.17, 15) is 5.11 Å². The van der Waals surface area contributed by atoms with Gasteiger partial charge in [0.15, 0.2) is 0 Å². The van der Waals surface area contributed by atoms with Gasteiger partial charge in [0.25, 0.3) is 0 Å². The number of nitrogens with zero attached hydrogens (tertiary/aromatic N) is 4. The van der Waals surface area contributed by atoms with Gasteiger partial charge in [-0.2, -0.15) is 5.26 Å². The first-order valence-electron chi connectivity index (χ1n) is 7.48. The normalized spacial score (nSPS) is 16.8. The standard InChI is InChI=1S/C17H17ClN4O/c1-10-7-12(8-19)3-4-14(10)22-6-5-13(9-23)15-16(18)20-11(2)21-17(15)22/h3-4,7,13,23H,5-6,9H2,1-2H3. The molecule has 0 bridgehead atoms. The fraction of sp³-hybridized carbons (Fsp3) is 0.353. The van der Waals surface area contributed by atoms with Crippen molar-refractivity contribution in [3.8, 4) is 6.07 Å². The number of halogens is 1. The van der Waals surface area contributed by atoms with Crippen molar-refractivity contribution in [2.24, 2.45) is 0 Å². The molecule has 1 atom stereocenters. The summed E-state index contributed by atoms with van der Waals surface area (Å²) >= 11 is 6.33. The lowest BCUT2D eigenvalue weighted by Gasteiger charge is -2.35. The summed E-state index contributed by atoms with van der Waals surface area (Å²) in [7, 11) is 0. The maximum atomic E-state index is 9.64. The number of aliphatic hydroxyl groups excluding tert-OH is 1. The van der Waals surface area contributed by atoms with Crippen LogP contribution in [-0.4, -0.2) is 28.2 Å². The second-order valence-corrected chi connectivity index (χ2v) is 6.09. The molecule has 1 aliphatic rings. The Bertz CT molecular complexity index is 800. The van der Waals surface area contributed by atoms with E-state index in [1.54, 1.807) is 13.0 Å². The van der Waals surface area contributed by atoms with Crippen LogP contribution in [0.2, 0.25) is 5.15 Å². The molecule has 2 heterocycles. The number of rotatable bonds is 2. The van der Waals surface area contributed by atoms with E-state index >= 15 is 0 Å². The summed E-state index contributed by atoms with van der Waals surface area (Å²) in [6, 6.07) is 7.75. The average Bonchev–Trinajstić information content (AvgIpc) is 2.53. The van der Waals surface area contributed by atoms with E-state index in [0.717, 1.165) is 35.6 Å². The topological polar surface area (TPSA) is 73.0 Å². The number of nitriles is 1. The van der Waals surface area contributed by atoms with E-state index in [2.05, 4.69) is 20.9 Å². The van der Waals surface area contributed by atoms with Gasteiger partial charge in [0.2, 0.25) is 0 Å². The van der Waals surface area contributed by atoms with Crippen molar-refractivity contribution >= 4 is 23.1 Å². The molecule has 6 heteroatoms. The maximum Gasteiger partial charge on any atom is 0.141 e. The number of aromatic nitrogens is 2. The van der Waals surface area contributed by atoms with Gasteiger partial charge in [-0.1, -0.05) is 11.6 Å². The van der Waals surface area contributed by atoms with E-state index in [4.69, 9.17) is 16.9 Å². The highest BCUT2D eigenvalue weighted by Gasteiger charge is 2.30. The SMILES string of the molecule is Cc1nc(Cl)c2c(n1)N(c1ccc(C#N)cc1C)CCC2CO. The van der Waals surface area contributed by atoms with Crippen LogP contribution in [0.25, 0.3) is 0 Å². The Morgan fingerprint density at radius 3 is 2.83 bits per heavy atom. The molecular weight excluding hydrogens is 312 g/mol. The second kappa shape index (κ2) is 6.15. The van der Waals surface area contributed by atoms with Gasteiger partial charge in [0, 0.05) is 23.7 Å². The molecule has 23 heavy (non-hydrogen) atoms. The quantitative estimate of drug-likeness (QED) is 0.857. The Morgan fingerprint density at radius 2 is 2.17 bits per heavy atom. The number of anilines is 2. The number of benzene rings is 1. The predicted octanol–water partition coefficient (Wildman–Crippen LogP) is 3.24. The van der Waals surface area contributed by atoms with Crippen LogP contribution in [0.4, 0.5) is 11.5 Å². The zero-order chi connectivity index (χ0) is 16.6. The van der Waals surface area contributed by atoms with Crippen LogP contribution in [0, 0.1) is 25.2 Å². The predicted molar refractivity (Wildman–Crippen MR) is 89.1 cm³/mol. The molecule has 0 spiro atoms. The molecular formula is C17H17ClN4O. The van der Waals surface area contributed by atoms with Crippen molar-refractivity contribution in [2.45, 2.75) is 26.2 Å². The van der Waals surface area contributed by atoms with Gasteiger partial charge in [0.1, 0.15) is 16.8 Å². The minimum atomic E-state index is -0.0481. The van der Waals surface area contributed by atoms with Gasteiger partial charge in [-0.05, 0) is 44.0 Å². The molecule has 0 fully saturated rings. The Labute approximate surface area is 140 Å². The monoisotopic (exact) mass is 328 g/mol. The molecule has 0 aliphatic carbocycles. The number of aliphatic hydroxyl groups is 1. The third kappa shape index (κ3) is 2.76. The number of aryl methyl sites for hydroxylation is 2. The van der Waals surface area contributed by atoms with Gasteiger partial charge < -0.3 is 10.0 Å². The molecule has 0 saturated heterocycles. The Morgan fingerprint density at radius 1 is 1.39 bits per heavy atom. The number of hydrogen-bond donors (Lipinski definition) is 1. The van der Waals surface area contributed by atoms with Crippen molar-refractivity contribution in [1.29, 1.82) is 5.26 Å². The lowest BCUT2D eigenvalue weighted by atomic mass is 9.93. The highest BCUT2D eigenvalue weighted by Crippen LogP contribution is 2.41.